The largest absolute Gasteiger partial charge is 0.456 e. The highest BCUT2D eigenvalue weighted by Gasteiger charge is 2.15. The minimum atomic E-state index is -0.442. The second-order valence-corrected chi connectivity index (χ2v) is 8.37. The average Bonchev–Trinajstić information content (AvgIpc) is 3.48. The number of benzene rings is 1. The van der Waals surface area contributed by atoms with Crippen LogP contribution < -0.4 is 11.2 Å². The second kappa shape index (κ2) is 9.46. The van der Waals surface area contributed by atoms with E-state index in [4.69, 9.17) is 9.26 Å². The maximum absolute atomic E-state index is 12.5. The molecule has 0 aliphatic heterocycles. The molecule has 11 heteroatoms. The van der Waals surface area contributed by atoms with Crippen LogP contribution in [0.5, 0.6) is 0 Å². The second-order valence-electron chi connectivity index (χ2n) is 8.37. The Morgan fingerprint density at radius 3 is 2.56 bits per heavy atom. The van der Waals surface area contributed by atoms with E-state index in [-0.39, 0.29) is 18.9 Å². The van der Waals surface area contributed by atoms with Gasteiger partial charge in [0.05, 0.1) is 6.33 Å². The summed E-state index contributed by atoms with van der Waals surface area (Å²) in [5.41, 5.74) is 1.79. The normalized spacial score (nSPS) is 11.4. The Balaban J connectivity index is 1.31. The zero-order chi connectivity index (χ0) is 24.4. The van der Waals surface area contributed by atoms with E-state index in [1.807, 2.05) is 24.3 Å². The number of aryl methyl sites for hydroxylation is 2. The van der Waals surface area contributed by atoms with Crippen LogP contribution in [-0.2, 0) is 36.8 Å². The van der Waals surface area contributed by atoms with Crippen LogP contribution in [0.4, 0.5) is 0 Å². The van der Waals surface area contributed by atoms with Gasteiger partial charge >= 0.3 is 11.7 Å². The molecule has 0 atom stereocenters. The Labute approximate surface area is 194 Å². The number of imidazole rings is 1. The van der Waals surface area contributed by atoms with E-state index in [0.29, 0.717) is 35.9 Å². The van der Waals surface area contributed by atoms with Crippen molar-refractivity contribution in [1.29, 1.82) is 0 Å². The molecule has 4 aromatic rings. The third-order valence-corrected chi connectivity index (χ3v) is 5.66. The zero-order valence-electron chi connectivity index (χ0n) is 19.5. The molecule has 0 bridgehead atoms. The molecule has 0 unspecified atom stereocenters. The molecular formula is C23H26N6O5. The van der Waals surface area contributed by atoms with Gasteiger partial charge in [-0.2, -0.15) is 4.98 Å². The van der Waals surface area contributed by atoms with Crippen molar-refractivity contribution in [3.05, 3.63) is 62.9 Å². The van der Waals surface area contributed by atoms with Gasteiger partial charge < -0.3 is 13.8 Å². The van der Waals surface area contributed by atoms with Gasteiger partial charge in [0.1, 0.15) is 0 Å². The first kappa shape index (κ1) is 23.1. The van der Waals surface area contributed by atoms with E-state index in [9.17, 15) is 14.4 Å². The van der Waals surface area contributed by atoms with Crippen LogP contribution in [-0.4, -0.2) is 34.8 Å². The van der Waals surface area contributed by atoms with Crippen molar-refractivity contribution in [2.24, 2.45) is 14.1 Å². The molecular weight excluding hydrogens is 440 g/mol. The van der Waals surface area contributed by atoms with Gasteiger partial charge in [0.15, 0.2) is 17.8 Å². The number of carbonyl (C=O) groups excluding carboxylic acids is 1. The number of esters is 1. The smallest absolute Gasteiger partial charge is 0.332 e. The standard InChI is InChI=1S/C23H26N6O5/c1-14(2)15-7-9-16(10-8-15)20-25-17(34-26-20)12-33-18(30)6-5-11-29-13-24-21-19(29)22(31)28(4)23(32)27(21)3/h7-10,13-14H,5-6,11-12H2,1-4H3. The third kappa shape index (κ3) is 4.54. The lowest BCUT2D eigenvalue weighted by Gasteiger charge is -2.06. The van der Waals surface area contributed by atoms with Crippen LogP contribution in [0.25, 0.3) is 22.6 Å². The molecule has 0 fully saturated rings. The molecule has 0 amide bonds. The molecule has 0 radical (unpaired) electrons. The van der Waals surface area contributed by atoms with Crippen LogP contribution in [0.2, 0.25) is 0 Å². The SMILES string of the molecule is CC(C)c1ccc(-c2noc(COC(=O)CCCn3cnc4c3c(=O)n(C)c(=O)n4C)n2)cc1. The zero-order valence-corrected chi connectivity index (χ0v) is 19.5. The number of hydrogen-bond donors (Lipinski definition) is 0. The molecule has 1 aromatic carbocycles. The topological polar surface area (TPSA) is 127 Å². The lowest BCUT2D eigenvalue weighted by Crippen LogP contribution is -2.37. The molecule has 0 aliphatic rings. The number of carbonyl (C=O) groups is 1. The van der Waals surface area contributed by atoms with E-state index in [1.165, 1.54) is 23.5 Å². The lowest BCUT2D eigenvalue weighted by molar-refractivity contribution is -0.145. The van der Waals surface area contributed by atoms with Crippen molar-refractivity contribution >= 4 is 17.1 Å². The first-order chi connectivity index (χ1) is 16.3. The van der Waals surface area contributed by atoms with Gasteiger partial charge in [0, 0.05) is 32.6 Å². The van der Waals surface area contributed by atoms with Gasteiger partial charge in [0.25, 0.3) is 11.4 Å². The van der Waals surface area contributed by atoms with Crippen LogP contribution in [0.3, 0.4) is 0 Å². The molecule has 0 aliphatic carbocycles. The summed E-state index contributed by atoms with van der Waals surface area (Å²) in [5, 5.41) is 3.95. The van der Waals surface area contributed by atoms with E-state index in [1.54, 1.807) is 11.6 Å². The molecule has 0 spiro atoms. The van der Waals surface area contributed by atoms with Crippen molar-refractivity contribution in [3.63, 3.8) is 0 Å². The number of rotatable bonds is 8. The highest BCUT2D eigenvalue weighted by atomic mass is 16.6. The van der Waals surface area contributed by atoms with Gasteiger partial charge in [-0.1, -0.05) is 43.3 Å². The van der Waals surface area contributed by atoms with Crippen molar-refractivity contribution in [3.8, 4) is 11.4 Å². The predicted molar refractivity (Wildman–Crippen MR) is 123 cm³/mol. The summed E-state index contributed by atoms with van der Waals surface area (Å²) >= 11 is 0. The molecule has 11 nitrogen and oxygen atoms in total. The van der Waals surface area contributed by atoms with Gasteiger partial charge in [-0.15, -0.1) is 0 Å². The molecule has 3 heterocycles. The maximum Gasteiger partial charge on any atom is 0.332 e. The van der Waals surface area contributed by atoms with Crippen molar-refractivity contribution < 1.29 is 14.1 Å². The van der Waals surface area contributed by atoms with Crippen LogP contribution >= 0.6 is 0 Å². The summed E-state index contributed by atoms with van der Waals surface area (Å²) in [6.45, 7) is 4.50. The van der Waals surface area contributed by atoms with E-state index in [2.05, 4.69) is 29.0 Å². The fraction of sp³-hybridized carbons (Fsp3) is 0.391. The molecule has 0 saturated heterocycles. The average molecular weight is 466 g/mol. The Bertz CT molecular complexity index is 1440. The molecule has 4 rings (SSSR count). The van der Waals surface area contributed by atoms with E-state index in [0.717, 1.165) is 10.1 Å². The van der Waals surface area contributed by atoms with Gasteiger partial charge in [-0.25, -0.2) is 9.78 Å². The molecule has 34 heavy (non-hydrogen) atoms. The summed E-state index contributed by atoms with van der Waals surface area (Å²) in [4.78, 5) is 45.1. The summed E-state index contributed by atoms with van der Waals surface area (Å²) in [7, 11) is 2.98. The highest BCUT2D eigenvalue weighted by molar-refractivity contribution is 5.70. The Morgan fingerprint density at radius 2 is 1.85 bits per heavy atom. The first-order valence-corrected chi connectivity index (χ1v) is 11.0. The fourth-order valence-corrected chi connectivity index (χ4v) is 3.62. The highest BCUT2D eigenvalue weighted by Crippen LogP contribution is 2.20. The summed E-state index contributed by atoms with van der Waals surface area (Å²) < 4.78 is 14.4. The summed E-state index contributed by atoms with van der Waals surface area (Å²) in [6.07, 6.45) is 2.04. The van der Waals surface area contributed by atoms with E-state index >= 15 is 0 Å². The third-order valence-electron chi connectivity index (χ3n) is 5.66. The maximum atomic E-state index is 12.5. The summed E-state index contributed by atoms with van der Waals surface area (Å²) in [5.74, 6) is 0.650. The Hall–Kier alpha value is -4.02. The van der Waals surface area contributed by atoms with E-state index < -0.39 is 17.2 Å². The predicted octanol–water partition coefficient (Wildman–Crippen LogP) is 2.13. The Morgan fingerprint density at radius 1 is 1.12 bits per heavy atom. The van der Waals surface area contributed by atoms with Gasteiger partial charge in [0.2, 0.25) is 5.82 Å². The number of aromatic nitrogens is 6. The van der Waals surface area contributed by atoms with Crippen LogP contribution in [0, 0.1) is 0 Å². The number of fused-ring (bicyclic) bond motifs is 1. The molecule has 178 valence electrons. The quantitative estimate of drug-likeness (QED) is 0.361. The number of nitrogens with zero attached hydrogens (tertiary/aromatic N) is 6. The van der Waals surface area contributed by atoms with Gasteiger partial charge in [-0.3, -0.25) is 18.7 Å². The van der Waals surface area contributed by atoms with Crippen LogP contribution in [0.15, 0.2) is 44.7 Å². The number of ether oxygens (including phenoxy) is 1. The van der Waals surface area contributed by atoms with Crippen molar-refractivity contribution in [2.45, 2.75) is 45.8 Å². The fourth-order valence-electron chi connectivity index (χ4n) is 3.62. The van der Waals surface area contributed by atoms with Crippen molar-refractivity contribution in [1.82, 2.24) is 28.8 Å². The molecule has 0 saturated carbocycles. The molecule has 3 aromatic heterocycles. The Kier molecular flexibility index (Phi) is 6.44. The van der Waals surface area contributed by atoms with Crippen LogP contribution in [0.1, 0.15) is 44.1 Å². The minimum Gasteiger partial charge on any atom is -0.456 e. The summed E-state index contributed by atoms with van der Waals surface area (Å²) in [6, 6.07) is 7.91. The number of hydrogen-bond acceptors (Lipinski definition) is 8. The van der Waals surface area contributed by atoms with Crippen molar-refractivity contribution in [2.75, 3.05) is 0 Å². The molecule has 0 N–H and O–H groups in total. The lowest BCUT2D eigenvalue weighted by atomic mass is 10.0. The minimum absolute atomic E-state index is 0.118. The first-order valence-electron chi connectivity index (χ1n) is 11.0. The van der Waals surface area contributed by atoms with Gasteiger partial charge in [-0.05, 0) is 17.9 Å². The monoisotopic (exact) mass is 466 g/mol.